The summed E-state index contributed by atoms with van der Waals surface area (Å²) >= 11 is 7.63. The minimum absolute atomic E-state index is 0.131. The number of nitrogens with one attached hydrogen (secondary N) is 2. The molecule has 2 fully saturated rings. The molecule has 4 aromatic heterocycles. The Hall–Kier alpha value is -2.79. The Morgan fingerprint density at radius 1 is 1.27 bits per heavy atom. The minimum Gasteiger partial charge on any atom is -0.394 e. The molecule has 0 bridgehead atoms. The number of hydrogen-bond acceptors (Lipinski definition) is 16. The molecule has 26 heteroatoms. The van der Waals surface area contributed by atoms with Crippen molar-refractivity contribution in [3.63, 3.8) is 0 Å². The minimum atomic E-state index is -4.59. The van der Waals surface area contributed by atoms with Crippen LogP contribution in [0, 0.1) is 0 Å². The predicted octanol–water partition coefficient (Wildman–Crippen LogP) is -0.377. The largest absolute Gasteiger partial charge is 0.394 e. The zero-order chi connectivity index (χ0) is 32.3. The Kier molecular flexibility index (Phi) is 8.65. The van der Waals surface area contributed by atoms with Gasteiger partial charge in [0.1, 0.15) is 24.9 Å². The maximum absolute atomic E-state index is 16.5. The van der Waals surface area contributed by atoms with Crippen molar-refractivity contribution in [2.45, 2.75) is 42.6 Å². The van der Waals surface area contributed by atoms with Gasteiger partial charge in [0, 0.05) is 0 Å². The van der Waals surface area contributed by atoms with E-state index in [0.717, 1.165) is 17.2 Å². The van der Waals surface area contributed by atoms with E-state index in [1.807, 2.05) is 0 Å². The first-order valence-corrected chi connectivity index (χ1v) is 17.9. The average Bonchev–Trinajstić information content (AvgIpc) is 3.74. The van der Waals surface area contributed by atoms with Crippen molar-refractivity contribution in [2.24, 2.45) is 0 Å². The number of aliphatic hydroxyl groups is 1. The van der Waals surface area contributed by atoms with Crippen LogP contribution in [-0.2, 0) is 38.0 Å². The summed E-state index contributed by atoms with van der Waals surface area (Å²) in [5.74, 6) is -3.04. The van der Waals surface area contributed by atoms with Crippen LogP contribution >= 0.6 is 38.5 Å². The van der Waals surface area contributed by atoms with Crippen molar-refractivity contribution in [3.8, 4) is 0 Å². The Balaban J connectivity index is 1.23. The number of fused-ring (bicyclic) bond motifs is 2. The number of aromatic nitrogens is 9. The highest BCUT2D eigenvalue weighted by molar-refractivity contribution is 8.44. The molecule has 2 aliphatic heterocycles. The normalized spacial score (nSPS) is 30.7. The monoisotopic (exact) mass is 714 g/mol. The van der Waals surface area contributed by atoms with Crippen molar-refractivity contribution in [2.75, 3.05) is 25.6 Å². The first kappa shape index (κ1) is 32.2. The molecule has 2 aliphatic rings. The van der Waals surface area contributed by atoms with Gasteiger partial charge in [-0.3, -0.25) is 32.8 Å². The average molecular weight is 715 g/mol. The zero-order valence-electron chi connectivity index (χ0n) is 22.2. The summed E-state index contributed by atoms with van der Waals surface area (Å²) in [7, 11) is -3.15. The molecule has 0 spiro atoms. The lowest BCUT2D eigenvalue weighted by Gasteiger charge is -2.28. The molecular formula is C19H22F2N10O10P2S2. The summed E-state index contributed by atoms with van der Waals surface area (Å²) in [6, 6.07) is 0. The number of alkyl halides is 2. The van der Waals surface area contributed by atoms with E-state index in [2.05, 4.69) is 59.7 Å². The van der Waals surface area contributed by atoms with Crippen molar-refractivity contribution in [1.29, 1.82) is 0 Å². The third-order valence-corrected chi connectivity index (χ3v) is 9.31. The number of imidazole rings is 1. The summed E-state index contributed by atoms with van der Waals surface area (Å²) in [6.07, 6.45) is -8.03. The highest BCUT2D eigenvalue weighted by atomic mass is 32.7. The fourth-order valence-electron chi connectivity index (χ4n) is 4.94. The van der Waals surface area contributed by atoms with Gasteiger partial charge in [-0.05, 0) is 0 Å². The predicted molar refractivity (Wildman–Crippen MR) is 153 cm³/mol. The number of halogens is 2. The topological polar surface area (TPSA) is 267 Å². The SMILES string of the molecule is Nc1nc2c(ncn2[C@@H]2O[C@H](CO)[C@@H](F)[C@H]2OP(=O)(S)OC[C@H]2OC[C@@](F)(n3nnc4c(=O)[nH]cnc43)[C@@H]2O[PH](=O)S)c(=O)[nH]1. The second kappa shape index (κ2) is 12.1. The van der Waals surface area contributed by atoms with Gasteiger partial charge in [-0.1, -0.05) is 29.7 Å². The van der Waals surface area contributed by atoms with E-state index < -0.39 is 87.6 Å². The van der Waals surface area contributed by atoms with Crippen LogP contribution in [0.2, 0.25) is 0 Å². The number of aliphatic hydroxyl groups excluding tert-OH is 1. The van der Waals surface area contributed by atoms with Crippen LogP contribution in [0.25, 0.3) is 22.3 Å². The van der Waals surface area contributed by atoms with Gasteiger partial charge in [-0.25, -0.2) is 23.3 Å². The number of rotatable bonds is 10. The molecule has 2 unspecified atom stereocenters. The smallest absolute Gasteiger partial charge is 0.386 e. The van der Waals surface area contributed by atoms with Crippen LogP contribution in [-0.4, -0.2) is 100.0 Å². The highest BCUT2D eigenvalue weighted by Crippen LogP contribution is 2.57. The van der Waals surface area contributed by atoms with E-state index in [4.69, 9.17) is 28.8 Å². The number of hydrogen-bond donors (Lipinski definition) is 6. The van der Waals surface area contributed by atoms with Gasteiger partial charge in [-0.2, -0.15) is 9.67 Å². The van der Waals surface area contributed by atoms with Crippen molar-refractivity contribution >= 4 is 66.8 Å². The van der Waals surface area contributed by atoms with Gasteiger partial charge >= 0.3 is 6.80 Å². The second-order valence-corrected chi connectivity index (χ2v) is 14.4. The third-order valence-electron chi connectivity index (χ3n) is 6.92. The number of nitrogens with zero attached hydrogens (tertiary/aromatic N) is 7. The van der Waals surface area contributed by atoms with E-state index in [9.17, 15) is 23.8 Å². The number of nitrogens with two attached hydrogens (primary N) is 1. The van der Waals surface area contributed by atoms with Crippen LogP contribution in [0.15, 0.2) is 22.2 Å². The van der Waals surface area contributed by atoms with Gasteiger partial charge in [0.15, 0.2) is 40.8 Å². The molecule has 20 nitrogen and oxygen atoms in total. The van der Waals surface area contributed by atoms with Gasteiger partial charge in [0.25, 0.3) is 16.9 Å². The first-order chi connectivity index (χ1) is 21.3. The molecule has 45 heavy (non-hydrogen) atoms. The number of ether oxygens (including phenoxy) is 2. The first-order valence-electron chi connectivity index (χ1n) is 12.6. The van der Waals surface area contributed by atoms with E-state index in [1.54, 1.807) is 0 Å². The third kappa shape index (κ3) is 5.83. The number of thiol groups is 2. The molecule has 0 radical (unpaired) electrons. The second-order valence-electron chi connectivity index (χ2n) is 9.68. The van der Waals surface area contributed by atoms with E-state index in [0.29, 0.717) is 4.68 Å². The molecule has 0 aromatic carbocycles. The van der Waals surface area contributed by atoms with Gasteiger partial charge in [-0.15, -0.1) is 5.10 Å². The molecule has 4 aromatic rings. The molecule has 6 heterocycles. The summed E-state index contributed by atoms with van der Waals surface area (Å²) in [5.41, 5.74) is 3.32. The molecule has 9 atom stereocenters. The van der Waals surface area contributed by atoms with Gasteiger partial charge in [0.2, 0.25) is 13.2 Å². The summed E-state index contributed by atoms with van der Waals surface area (Å²) in [5, 5.41) is 16.9. The maximum atomic E-state index is 16.5. The van der Waals surface area contributed by atoms with Gasteiger partial charge in [0.05, 0.1) is 25.9 Å². The molecule has 244 valence electrons. The lowest BCUT2D eigenvalue weighted by Crippen LogP contribution is -2.45. The fourth-order valence-corrected chi connectivity index (χ4v) is 7.28. The Labute approximate surface area is 258 Å². The molecule has 0 saturated carbocycles. The molecule has 2 saturated heterocycles. The molecule has 0 amide bonds. The molecule has 5 N–H and O–H groups in total. The van der Waals surface area contributed by atoms with Gasteiger partial charge < -0.3 is 29.8 Å². The van der Waals surface area contributed by atoms with Crippen LogP contribution in [0.3, 0.4) is 0 Å². The van der Waals surface area contributed by atoms with Crippen LogP contribution < -0.4 is 16.9 Å². The Morgan fingerprint density at radius 3 is 2.78 bits per heavy atom. The highest BCUT2D eigenvalue weighted by Gasteiger charge is 2.57. The summed E-state index contributed by atoms with van der Waals surface area (Å²) in [4.78, 5) is 40.6. The van der Waals surface area contributed by atoms with E-state index in [-0.39, 0.29) is 28.3 Å². The number of nitrogen functional groups attached to an aromatic ring is 1. The van der Waals surface area contributed by atoms with E-state index in [1.165, 1.54) is 0 Å². The summed E-state index contributed by atoms with van der Waals surface area (Å²) in [6.45, 7) is -6.98. The number of anilines is 1. The number of aromatic amines is 2. The van der Waals surface area contributed by atoms with Crippen molar-refractivity contribution < 1.29 is 46.1 Å². The zero-order valence-corrected chi connectivity index (χ0v) is 25.9. The van der Waals surface area contributed by atoms with E-state index >= 15 is 8.78 Å². The lowest BCUT2D eigenvalue weighted by molar-refractivity contribution is -0.0484. The fraction of sp³-hybridized carbons (Fsp3) is 0.526. The molecule has 0 aliphatic carbocycles. The molecular weight excluding hydrogens is 692 g/mol. The standard InChI is InChI=1S/C19H22F2N10O10P2S2/c20-8-6(1-32)39-17(30-5-25-9-14(30)26-18(22)27-16(9)34)11(8)41-43(36,45)38-2-7-12(40-42(35)44)19(21,3-37-7)31-13-10(28-29-31)15(33)24-4-23-13/h4-8,11-12,17,32,42H,1-3H2,(H,35,44)(H,36,45)(H,23,24,33)(H3,22,26,27,34)/t6-,7-,8-,11-,12-,17-,19-,43?/m1/s1. The Bertz CT molecular complexity index is 1950. The van der Waals surface area contributed by atoms with Crippen molar-refractivity contribution in [1.82, 2.24) is 44.5 Å². The lowest BCUT2D eigenvalue weighted by atomic mass is 10.1. The quantitative estimate of drug-likeness (QED) is 0.0903. The maximum Gasteiger partial charge on any atom is 0.386 e. The van der Waals surface area contributed by atoms with Crippen LogP contribution in [0.5, 0.6) is 0 Å². The van der Waals surface area contributed by atoms with Crippen molar-refractivity contribution in [3.05, 3.63) is 33.4 Å². The Morgan fingerprint density at radius 2 is 2.04 bits per heavy atom. The van der Waals surface area contributed by atoms with Crippen LogP contribution in [0.1, 0.15) is 6.23 Å². The van der Waals surface area contributed by atoms with Crippen LogP contribution in [0.4, 0.5) is 14.7 Å². The molecule has 6 rings (SSSR count). The number of H-pyrrole nitrogens is 2. The summed E-state index contributed by atoms with van der Waals surface area (Å²) < 4.78 is 85.9.